The molecule has 3 aromatic rings. The predicted molar refractivity (Wildman–Crippen MR) is 126 cm³/mol. The topological polar surface area (TPSA) is 59.6 Å². The molecule has 0 aromatic heterocycles. The number of carbonyl (C=O) groups is 1. The molecule has 1 unspecified atom stereocenters. The molecule has 1 atom stereocenters. The highest BCUT2D eigenvalue weighted by atomic mass is 16.5. The van der Waals surface area contributed by atoms with Crippen molar-refractivity contribution in [3.05, 3.63) is 84.4 Å². The molecule has 1 amide bonds. The first-order valence-electron chi connectivity index (χ1n) is 10.7. The van der Waals surface area contributed by atoms with Crippen LogP contribution in [-0.2, 0) is 11.2 Å². The van der Waals surface area contributed by atoms with Gasteiger partial charge in [0.15, 0.2) is 0 Å². The Morgan fingerprint density at radius 2 is 1.68 bits per heavy atom. The fraction of sp³-hybridized carbons (Fsp3) is 0.269. The second kappa shape index (κ2) is 11.6. The summed E-state index contributed by atoms with van der Waals surface area (Å²) in [6.07, 6.45) is 1.97. The molecule has 31 heavy (non-hydrogen) atoms. The van der Waals surface area contributed by atoms with E-state index in [4.69, 9.17) is 9.47 Å². The van der Waals surface area contributed by atoms with E-state index in [0.717, 1.165) is 35.7 Å². The molecule has 0 spiro atoms. The largest absolute Gasteiger partial charge is 0.493 e. The highest BCUT2D eigenvalue weighted by Gasteiger charge is 2.05. The molecule has 0 heterocycles. The molecule has 0 bridgehead atoms. The number of rotatable bonds is 11. The molecule has 3 aromatic carbocycles. The van der Waals surface area contributed by atoms with Gasteiger partial charge in [0.25, 0.3) is 0 Å². The molecular weight excluding hydrogens is 388 g/mol. The van der Waals surface area contributed by atoms with Crippen LogP contribution in [0.3, 0.4) is 0 Å². The smallest absolute Gasteiger partial charge is 0.243 e. The van der Waals surface area contributed by atoms with E-state index in [-0.39, 0.29) is 18.6 Å². The summed E-state index contributed by atoms with van der Waals surface area (Å²) in [6.45, 7) is 4.88. The molecule has 5 heteroatoms. The van der Waals surface area contributed by atoms with Crippen LogP contribution < -0.4 is 20.1 Å². The van der Waals surface area contributed by atoms with Crippen molar-refractivity contribution in [3.8, 4) is 11.5 Å². The van der Waals surface area contributed by atoms with Gasteiger partial charge < -0.3 is 20.1 Å². The van der Waals surface area contributed by atoms with Crippen LogP contribution in [0.15, 0.2) is 78.9 Å². The third-order valence-corrected chi connectivity index (χ3v) is 4.84. The summed E-state index contributed by atoms with van der Waals surface area (Å²) in [7, 11) is 0. The minimum absolute atomic E-state index is 0.119. The van der Waals surface area contributed by atoms with E-state index in [9.17, 15) is 4.79 Å². The van der Waals surface area contributed by atoms with Gasteiger partial charge in [0.05, 0.1) is 19.3 Å². The van der Waals surface area contributed by atoms with Gasteiger partial charge in [-0.1, -0.05) is 43.3 Å². The Kier molecular flexibility index (Phi) is 8.35. The van der Waals surface area contributed by atoms with Gasteiger partial charge in [-0.15, -0.1) is 0 Å². The van der Waals surface area contributed by atoms with Crippen molar-refractivity contribution < 1.29 is 14.3 Å². The maximum Gasteiger partial charge on any atom is 0.243 e. The Morgan fingerprint density at radius 1 is 0.903 bits per heavy atom. The maximum atomic E-state index is 12.3. The first-order chi connectivity index (χ1) is 15.1. The summed E-state index contributed by atoms with van der Waals surface area (Å²) in [6, 6.07) is 25.3. The maximum absolute atomic E-state index is 12.3. The van der Waals surface area contributed by atoms with Crippen molar-refractivity contribution in [3.63, 3.8) is 0 Å². The Balaban J connectivity index is 1.43. The van der Waals surface area contributed by atoms with Crippen LogP contribution in [-0.4, -0.2) is 25.2 Å². The zero-order valence-corrected chi connectivity index (χ0v) is 18.1. The number of hydrogen-bond acceptors (Lipinski definition) is 4. The minimum atomic E-state index is -0.119. The Bertz CT molecular complexity index is 942. The van der Waals surface area contributed by atoms with Gasteiger partial charge in [0.2, 0.25) is 5.91 Å². The average molecular weight is 419 g/mol. The van der Waals surface area contributed by atoms with Crippen LogP contribution in [0.4, 0.5) is 11.4 Å². The van der Waals surface area contributed by atoms with Crippen LogP contribution in [0.5, 0.6) is 11.5 Å². The lowest BCUT2D eigenvalue weighted by Crippen LogP contribution is -2.21. The van der Waals surface area contributed by atoms with Gasteiger partial charge in [0.1, 0.15) is 11.5 Å². The highest BCUT2D eigenvalue weighted by Crippen LogP contribution is 2.19. The van der Waals surface area contributed by atoms with E-state index in [1.54, 1.807) is 0 Å². The monoisotopic (exact) mass is 418 g/mol. The molecule has 0 aliphatic heterocycles. The summed E-state index contributed by atoms with van der Waals surface area (Å²) in [5, 5.41) is 6.03. The lowest BCUT2D eigenvalue weighted by atomic mass is 10.2. The predicted octanol–water partition coefficient (Wildman–Crippen LogP) is 5.54. The molecule has 0 fully saturated rings. The molecular formula is C26H30N2O3. The van der Waals surface area contributed by atoms with Crippen molar-refractivity contribution in [2.75, 3.05) is 23.8 Å². The van der Waals surface area contributed by atoms with Gasteiger partial charge >= 0.3 is 0 Å². The van der Waals surface area contributed by atoms with E-state index >= 15 is 0 Å². The lowest BCUT2D eigenvalue weighted by molar-refractivity contribution is -0.114. The molecule has 162 valence electrons. The van der Waals surface area contributed by atoms with Crippen LogP contribution >= 0.6 is 0 Å². The van der Waals surface area contributed by atoms with Crippen molar-refractivity contribution in [2.45, 2.75) is 32.8 Å². The molecule has 0 saturated carbocycles. The van der Waals surface area contributed by atoms with Gasteiger partial charge in [-0.25, -0.2) is 0 Å². The number of amides is 1. The van der Waals surface area contributed by atoms with Crippen LogP contribution in [0.25, 0.3) is 0 Å². The normalized spacial score (nSPS) is 11.4. The quantitative estimate of drug-likeness (QED) is 0.429. The molecule has 2 N–H and O–H groups in total. The third kappa shape index (κ3) is 7.70. The lowest BCUT2D eigenvalue weighted by Gasteiger charge is -2.13. The van der Waals surface area contributed by atoms with Gasteiger partial charge in [-0.2, -0.15) is 0 Å². The third-order valence-electron chi connectivity index (χ3n) is 4.84. The molecule has 5 nitrogen and oxygen atoms in total. The number of benzene rings is 3. The first-order valence-corrected chi connectivity index (χ1v) is 10.7. The van der Waals surface area contributed by atoms with Crippen molar-refractivity contribution >= 4 is 17.3 Å². The second-order valence-electron chi connectivity index (χ2n) is 7.37. The summed E-state index contributed by atoms with van der Waals surface area (Å²) >= 11 is 0. The molecule has 0 aliphatic carbocycles. The Morgan fingerprint density at radius 3 is 2.42 bits per heavy atom. The van der Waals surface area contributed by atoms with E-state index in [0.29, 0.717) is 6.61 Å². The van der Waals surface area contributed by atoms with E-state index in [1.165, 1.54) is 5.56 Å². The zero-order valence-electron chi connectivity index (χ0n) is 18.1. The number of ether oxygens (including phenoxy) is 2. The minimum Gasteiger partial charge on any atom is -0.493 e. The van der Waals surface area contributed by atoms with Crippen LogP contribution in [0, 0.1) is 0 Å². The molecule has 3 rings (SSSR count). The Labute approximate surface area is 184 Å². The second-order valence-corrected chi connectivity index (χ2v) is 7.37. The van der Waals surface area contributed by atoms with Crippen molar-refractivity contribution in [2.24, 2.45) is 0 Å². The van der Waals surface area contributed by atoms with Gasteiger partial charge in [-0.3, -0.25) is 4.79 Å². The summed E-state index contributed by atoms with van der Waals surface area (Å²) in [5.74, 6) is 1.46. The highest BCUT2D eigenvalue weighted by molar-refractivity contribution is 5.93. The van der Waals surface area contributed by atoms with Crippen LogP contribution in [0.1, 0.15) is 25.8 Å². The number of hydrogen-bond donors (Lipinski definition) is 2. The molecule has 0 aliphatic rings. The summed E-state index contributed by atoms with van der Waals surface area (Å²) in [4.78, 5) is 12.3. The van der Waals surface area contributed by atoms with E-state index < -0.39 is 0 Å². The summed E-state index contributed by atoms with van der Waals surface area (Å²) in [5.41, 5.74) is 2.82. The SMILES string of the molecule is CCC(C)Oc1ccc(NC(=O)CNc2cccc(OCCc3ccccc3)c2)cc1. The van der Waals surface area contributed by atoms with Crippen molar-refractivity contribution in [1.29, 1.82) is 0 Å². The van der Waals surface area contributed by atoms with Gasteiger partial charge in [-0.05, 0) is 55.3 Å². The van der Waals surface area contributed by atoms with Crippen molar-refractivity contribution in [1.82, 2.24) is 0 Å². The molecule has 0 radical (unpaired) electrons. The number of nitrogens with one attached hydrogen (secondary N) is 2. The van der Waals surface area contributed by atoms with E-state index in [2.05, 4.69) is 29.7 Å². The standard InChI is InChI=1S/C26H30N2O3/c1-3-20(2)31-24-14-12-22(13-15-24)28-26(29)19-27-23-10-7-11-25(18-23)30-17-16-21-8-5-4-6-9-21/h4-15,18,20,27H,3,16-17,19H2,1-2H3,(H,28,29). The Hall–Kier alpha value is -3.47. The first kappa shape index (κ1) is 22.2. The van der Waals surface area contributed by atoms with Gasteiger partial charge in [0, 0.05) is 23.9 Å². The number of anilines is 2. The number of carbonyl (C=O) groups excluding carboxylic acids is 1. The fourth-order valence-electron chi connectivity index (χ4n) is 2.95. The fourth-order valence-corrected chi connectivity index (χ4v) is 2.95. The zero-order chi connectivity index (χ0) is 21.9. The molecule has 0 saturated heterocycles. The average Bonchev–Trinajstić information content (AvgIpc) is 2.80. The van der Waals surface area contributed by atoms with E-state index in [1.807, 2.05) is 73.7 Å². The van der Waals surface area contributed by atoms with Crippen LogP contribution in [0.2, 0.25) is 0 Å². The summed E-state index contributed by atoms with van der Waals surface area (Å²) < 4.78 is 11.6.